The van der Waals surface area contributed by atoms with Crippen molar-refractivity contribution in [3.05, 3.63) is 11.4 Å². The van der Waals surface area contributed by atoms with Crippen LogP contribution in [-0.2, 0) is 9.53 Å². The zero-order chi connectivity index (χ0) is 12.7. The fraction of sp³-hybridized carbons (Fsp3) is 0.727. The number of hydrazine groups is 1. The summed E-state index contributed by atoms with van der Waals surface area (Å²) < 4.78 is 5.53. The van der Waals surface area contributed by atoms with Gasteiger partial charge in [-0.3, -0.25) is 10.6 Å². The Morgan fingerprint density at radius 3 is 2.88 bits per heavy atom. The third kappa shape index (κ3) is 4.24. The van der Waals surface area contributed by atoms with E-state index < -0.39 is 0 Å². The zero-order valence-corrected chi connectivity index (χ0v) is 10.3. The molecule has 0 saturated heterocycles. The second kappa shape index (κ2) is 7.13. The van der Waals surface area contributed by atoms with Gasteiger partial charge in [0.25, 0.3) is 0 Å². The summed E-state index contributed by atoms with van der Waals surface area (Å²) in [6.45, 7) is 0.0275. The van der Waals surface area contributed by atoms with E-state index in [-0.39, 0.29) is 18.6 Å². The van der Waals surface area contributed by atoms with Gasteiger partial charge < -0.3 is 21.2 Å². The predicted octanol–water partition coefficient (Wildman–Crippen LogP) is -0.285. The van der Waals surface area contributed by atoms with Crippen LogP contribution < -0.4 is 22.3 Å². The summed E-state index contributed by atoms with van der Waals surface area (Å²) in [5, 5.41) is 2.51. The number of hydrogen-bond donors (Lipinski definition) is 4. The molecule has 0 aromatic carbocycles. The maximum absolute atomic E-state index is 11.1. The molecule has 1 amide bonds. The Hall–Kier alpha value is -1.27. The van der Waals surface area contributed by atoms with Crippen LogP contribution in [0, 0.1) is 0 Å². The Morgan fingerprint density at radius 1 is 1.47 bits per heavy atom. The van der Waals surface area contributed by atoms with E-state index in [2.05, 4.69) is 10.7 Å². The van der Waals surface area contributed by atoms with E-state index in [1.165, 1.54) is 0 Å². The number of ether oxygens (including phenoxy) is 1. The van der Waals surface area contributed by atoms with Crippen LogP contribution in [0.1, 0.15) is 32.1 Å². The lowest BCUT2D eigenvalue weighted by molar-refractivity contribution is -0.126. The summed E-state index contributed by atoms with van der Waals surface area (Å²) in [5.74, 6) is 5.28. The SMILES string of the molecule is CNC(=O)COC1CCCCC/C(NN)=C\1N. The Balaban J connectivity index is 2.64. The van der Waals surface area contributed by atoms with Gasteiger partial charge in [-0.05, 0) is 19.3 Å². The molecule has 1 aliphatic rings. The van der Waals surface area contributed by atoms with Gasteiger partial charge >= 0.3 is 0 Å². The molecule has 6 nitrogen and oxygen atoms in total. The Bertz CT molecular complexity index is 291. The van der Waals surface area contributed by atoms with Gasteiger partial charge in [0.2, 0.25) is 5.91 Å². The van der Waals surface area contributed by atoms with E-state index in [1.807, 2.05) is 0 Å². The average Bonchev–Trinajstić information content (AvgIpc) is 2.33. The highest BCUT2D eigenvalue weighted by Crippen LogP contribution is 2.20. The van der Waals surface area contributed by atoms with E-state index in [1.54, 1.807) is 7.05 Å². The number of amides is 1. The molecule has 98 valence electrons. The summed E-state index contributed by atoms with van der Waals surface area (Å²) in [6, 6.07) is 0. The molecule has 1 aliphatic carbocycles. The fourth-order valence-corrected chi connectivity index (χ4v) is 1.88. The summed E-state index contributed by atoms with van der Waals surface area (Å²) in [5.41, 5.74) is 10.1. The van der Waals surface area contributed by atoms with Gasteiger partial charge in [0.1, 0.15) is 6.61 Å². The Morgan fingerprint density at radius 2 is 2.24 bits per heavy atom. The highest BCUT2D eigenvalue weighted by molar-refractivity contribution is 5.76. The summed E-state index contributed by atoms with van der Waals surface area (Å²) in [6.07, 6.45) is 4.69. The van der Waals surface area contributed by atoms with E-state index in [9.17, 15) is 4.79 Å². The van der Waals surface area contributed by atoms with Gasteiger partial charge in [0, 0.05) is 12.7 Å². The van der Waals surface area contributed by atoms with Crippen molar-refractivity contribution >= 4 is 5.91 Å². The number of nitrogens with one attached hydrogen (secondary N) is 2. The zero-order valence-electron chi connectivity index (χ0n) is 10.3. The van der Waals surface area contributed by atoms with E-state index in [4.69, 9.17) is 16.3 Å². The standard InChI is InChI=1S/C11H22N4O2/c1-14-10(16)7-17-9-6-4-2-3-5-8(15-13)11(9)12/h9,15H,2-7,12-13H2,1H3,(H,14,16)/b11-8-. The maximum Gasteiger partial charge on any atom is 0.245 e. The maximum atomic E-state index is 11.1. The lowest BCUT2D eigenvalue weighted by Gasteiger charge is -2.23. The quantitative estimate of drug-likeness (QED) is 0.401. The minimum atomic E-state index is -0.223. The highest BCUT2D eigenvalue weighted by atomic mass is 16.5. The molecule has 0 aromatic rings. The lowest BCUT2D eigenvalue weighted by Crippen LogP contribution is -2.34. The molecule has 1 atom stereocenters. The number of carbonyl (C=O) groups is 1. The average molecular weight is 242 g/mol. The van der Waals surface area contributed by atoms with E-state index >= 15 is 0 Å². The predicted molar refractivity (Wildman–Crippen MR) is 65.4 cm³/mol. The third-order valence-corrected chi connectivity index (χ3v) is 2.96. The second-order valence-electron chi connectivity index (χ2n) is 4.15. The molecule has 0 heterocycles. The second-order valence-corrected chi connectivity index (χ2v) is 4.15. The van der Waals surface area contributed by atoms with Crippen LogP contribution in [0.25, 0.3) is 0 Å². The number of carbonyl (C=O) groups excluding carboxylic acids is 1. The minimum absolute atomic E-state index is 0.0275. The molecule has 0 fully saturated rings. The van der Waals surface area contributed by atoms with Crippen molar-refractivity contribution in [2.45, 2.75) is 38.2 Å². The molecule has 6 N–H and O–H groups in total. The third-order valence-electron chi connectivity index (χ3n) is 2.96. The molecule has 6 heteroatoms. The monoisotopic (exact) mass is 242 g/mol. The molecular weight excluding hydrogens is 220 g/mol. The van der Waals surface area contributed by atoms with E-state index in [0.29, 0.717) is 5.70 Å². The highest BCUT2D eigenvalue weighted by Gasteiger charge is 2.19. The topological polar surface area (TPSA) is 102 Å². The largest absolute Gasteiger partial charge is 0.398 e. The van der Waals surface area contributed by atoms with Crippen molar-refractivity contribution in [3.63, 3.8) is 0 Å². The van der Waals surface area contributed by atoms with Crippen LogP contribution in [0.15, 0.2) is 11.4 Å². The smallest absolute Gasteiger partial charge is 0.245 e. The number of nitrogens with two attached hydrogens (primary N) is 2. The van der Waals surface area contributed by atoms with Gasteiger partial charge in [-0.2, -0.15) is 0 Å². The Kier molecular flexibility index (Phi) is 5.79. The van der Waals surface area contributed by atoms with Crippen molar-refractivity contribution in [2.75, 3.05) is 13.7 Å². The van der Waals surface area contributed by atoms with Gasteiger partial charge in [0.05, 0.1) is 11.8 Å². The number of likely N-dealkylation sites (N-methyl/N-ethyl adjacent to an activating group) is 1. The molecule has 1 rings (SSSR count). The van der Waals surface area contributed by atoms with Crippen molar-refractivity contribution in [1.82, 2.24) is 10.7 Å². The summed E-state index contributed by atoms with van der Waals surface area (Å²) in [7, 11) is 1.58. The number of hydrogen-bond acceptors (Lipinski definition) is 5. The molecule has 0 bridgehead atoms. The van der Waals surface area contributed by atoms with Gasteiger partial charge in [-0.25, -0.2) is 0 Å². The van der Waals surface area contributed by atoms with E-state index in [0.717, 1.165) is 37.8 Å². The van der Waals surface area contributed by atoms with Crippen LogP contribution in [-0.4, -0.2) is 25.7 Å². The Labute approximate surface area is 102 Å². The van der Waals surface area contributed by atoms with Crippen molar-refractivity contribution in [1.29, 1.82) is 0 Å². The van der Waals surface area contributed by atoms with Gasteiger partial charge in [-0.1, -0.05) is 12.8 Å². The first-order valence-electron chi connectivity index (χ1n) is 5.96. The first-order valence-corrected chi connectivity index (χ1v) is 5.96. The molecular formula is C11H22N4O2. The van der Waals surface area contributed by atoms with Gasteiger partial charge in [0.15, 0.2) is 0 Å². The molecule has 0 radical (unpaired) electrons. The van der Waals surface area contributed by atoms with Crippen molar-refractivity contribution in [2.24, 2.45) is 11.6 Å². The van der Waals surface area contributed by atoms with Crippen LogP contribution in [0.2, 0.25) is 0 Å². The van der Waals surface area contributed by atoms with Crippen LogP contribution in [0.5, 0.6) is 0 Å². The molecule has 0 spiro atoms. The van der Waals surface area contributed by atoms with Gasteiger partial charge in [-0.15, -0.1) is 0 Å². The fourth-order valence-electron chi connectivity index (χ4n) is 1.88. The van der Waals surface area contributed by atoms with Crippen molar-refractivity contribution < 1.29 is 9.53 Å². The number of rotatable bonds is 4. The molecule has 0 aromatic heterocycles. The normalized spacial score (nSPS) is 25.9. The molecule has 0 aliphatic heterocycles. The van der Waals surface area contributed by atoms with Crippen LogP contribution in [0.3, 0.4) is 0 Å². The first kappa shape index (κ1) is 13.8. The molecule has 1 unspecified atom stereocenters. The number of allylic oxidation sites excluding steroid dienone is 1. The molecule has 17 heavy (non-hydrogen) atoms. The first-order chi connectivity index (χ1) is 8.19. The summed E-state index contributed by atoms with van der Waals surface area (Å²) in [4.78, 5) is 11.1. The summed E-state index contributed by atoms with van der Waals surface area (Å²) >= 11 is 0. The van der Waals surface area contributed by atoms with Crippen LogP contribution >= 0.6 is 0 Å². The molecule has 0 saturated carbocycles. The van der Waals surface area contributed by atoms with Crippen LogP contribution in [0.4, 0.5) is 0 Å². The van der Waals surface area contributed by atoms with Crippen molar-refractivity contribution in [3.8, 4) is 0 Å². The minimum Gasteiger partial charge on any atom is -0.398 e. The lowest BCUT2D eigenvalue weighted by atomic mass is 9.99.